The van der Waals surface area contributed by atoms with Crippen LogP contribution in [0.15, 0.2) is 66.2 Å². The minimum absolute atomic E-state index is 0.0915. The summed E-state index contributed by atoms with van der Waals surface area (Å²) in [4.78, 5) is 17.8. The number of amides is 1. The van der Waals surface area contributed by atoms with Gasteiger partial charge in [0.05, 0.1) is 12.0 Å². The number of nitrogens with two attached hydrogens (primary N) is 1. The van der Waals surface area contributed by atoms with Crippen molar-refractivity contribution < 1.29 is 4.79 Å². The van der Waals surface area contributed by atoms with Gasteiger partial charge < -0.3 is 11.1 Å². The molecule has 4 rings (SSSR count). The quantitative estimate of drug-likeness (QED) is 0.759. The number of nitrogens with one attached hydrogen (secondary N) is 1. The smallest absolute Gasteiger partial charge is 0.226 e. The Morgan fingerprint density at radius 2 is 1.88 bits per heavy atom. The first-order chi connectivity index (χ1) is 12.2. The van der Waals surface area contributed by atoms with Crippen molar-refractivity contribution in [2.24, 2.45) is 5.73 Å². The average Bonchev–Trinajstić information content (AvgIpc) is 3.16. The van der Waals surface area contributed by atoms with Crippen molar-refractivity contribution in [3.8, 4) is 0 Å². The normalized spacial score (nSPS) is 22.3. The number of carbonyl (C=O) groups is 1. The van der Waals surface area contributed by atoms with Crippen molar-refractivity contribution in [1.82, 2.24) is 10.3 Å². The van der Waals surface area contributed by atoms with Crippen molar-refractivity contribution in [2.45, 2.75) is 24.4 Å². The molecule has 126 valence electrons. The Hall–Kier alpha value is -2.50. The summed E-state index contributed by atoms with van der Waals surface area (Å²) in [6.07, 6.45) is 2.58. The summed E-state index contributed by atoms with van der Waals surface area (Å²) in [5.41, 5.74) is 8.97. The van der Waals surface area contributed by atoms with Crippen LogP contribution in [0, 0.1) is 0 Å². The number of carbonyl (C=O) groups excluding carboxylic acids is 1. The second-order valence-electron chi connectivity index (χ2n) is 6.25. The number of nitrogens with zero attached hydrogens (tertiary/aromatic N) is 1. The molecule has 25 heavy (non-hydrogen) atoms. The van der Waals surface area contributed by atoms with E-state index in [0.717, 1.165) is 28.1 Å². The van der Waals surface area contributed by atoms with Gasteiger partial charge in [0.25, 0.3) is 0 Å². The molecule has 5 heteroatoms. The van der Waals surface area contributed by atoms with Gasteiger partial charge in [0, 0.05) is 29.2 Å². The van der Waals surface area contributed by atoms with Gasteiger partial charge in [0.1, 0.15) is 0 Å². The van der Waals surface area contributed by atoms with E-state index in [1.807, 2.05) is 54.0 Å². The van der Waals surface area contributed by atoms with Crippen molar-refractivity contribution in [3.63, 3.8) is 0 Å². The highest BCUT2D eigenvalue weighted by molar-refractivity contribution is 7.10. The number of aromatic nitrogens is 1. The summed E-state index contributed by atoms with van der Waals surface area (Å²) in [6.45, 7) is 0. The molecule has 1 amide bonds. The monoisotopic (exact) mass is 349 g/mol. The Labute approximate surface area is 150 Å². The van der Waals surface area contributed by atoms with Crippen molar-refractivity contribution in [2.75, 3.05) is 0 Å². The lowest BCUT2D eigenvalue weighted by atomic mass is 9.79. The Morgan fingerprint density at radius 1 is 1.08 bits per heavy atom. The number of pyridine rings is 1. The molecular formula is C20H19N3OS. The van der Waals surface area contributed by atoms with E-state index >= 15 is 0 Å². The highest BCUT2D eigenvalue weighted by Crippen LogP contribution is 2.42. The molecule has 3 unspecified atom stereocenters. The summed E-state index contributed by atoms with van der Waals surface area (Å²) in [7, 11) is 0. The Bertz CT molecular complexity index is 864. The molecule has 3 heterocycles. The Balaban J connectivity index is 1.77. The number of rotatable bonds is 4. The lowest BCUT2D eigenvalue weighted by Crippen LogP contribution is -2.42. The fourth-order valence-corrected chi connectivity index (χ4v) is 4.44. The molecule has 0 saturated heterocycles. The molecule has 0 spiro atoms. The molecule has 1 aliphatic heterocycles. The van der Waals surface area contributed by atoms with Gasteiger partial charge >= 0.3 is 0 Å². The third kappa shape index (κ3) is 3.08. The van der Waals surface area contributed by atoms with E-state index in [4.69, 9.17) is 5.73 Å². The van der Waals surface area contributed by atoms with Crippen LogP contribution in [-0.2, 0) is 11.2 Å². The zero-order chi connectivity index (χ0) is 17.2. The lowest BCUT2D eigenvalue weighted by Gasteiger charge is -2.37. The fourth-order valence-electron chi connectivity index (χ4n) is 3.62. The standard InChI is InChI=1S/C20H19N3OS/c21-20(24)18-15-8-2-1-7-14(15)16(12-13-6-3-4-10-22-13)23-19(18)17-9-5-11-25-17/h1-11,16,18-19,23H,12H2,(H2,21,24). The highest BCUT2D eigenvalue weighted by atomic mass is 32.1. The summed E-state index contributed by atoms with van der Waals surface area (Å²) in [5, 5.41) is 5.69. The van der Waals surface area contributed by atoms with Crippen LogP contribution >= 0.6 is 11.3 Å². The first-order valence-corrected chi connectivity index (χ1v) is 9.19. The summed E-state index contributed by atoms with van der Waals surface area (Å²) >= 11 is 1.65. The topological polar surface area (TPSA) is 68.0 Å². The number of primary amides is 1. The maximum atomic E-state index is 12.3. The molecule has 3 aromatic rings. The van der Waals surface area contributed by atoms with Gasteiger partial charge in [-0.05, 0) is 34.7 Å². The molecule has 0 bridgehead atoms. The summed E-state index contributed by atoms with van der Waals surface area (Å²) < 4.78 is 0. The molecule has 0 fully saturated rings. The maximum Gasteiger partial charge on any atom is 0.226 e. The van der Waals surface area contributed by atoms with Crippen LogP contribution in [0.3, 0.4) is 0 Å². The van der Waals surface area contributed by atoms with Gasteiger partial charge in [0.2, 0.25) is 5.91 Å². The molecule has 2 aromatic heterocycles. The molecular weight excluding hydrogens is 330 g/mol. The van der Waals surface area contributed by atoms with Crippen LogP contribution < -0.4 is 11.1 Å². The third-order valence-corrected chi connectivity index (χ3v) is 5.67. The van der Waals surface area contributed by atoms with E-state index in [1.165, 1.54) is 0 Å². The van der Waals surface area contributed by atoms with Crippen molar-refractivity contribution in [1.29, 1.82) is 0 Å². The maximum absolute atomic E-state index is 12.3. The first-order valence-electron chi connectivity index (χ1n) is 8.31. The average molecular weight is 349 g/mol. The van der Waals surface area contributed by atoms with Gasteiger partial charge in [-0.25, -0.2) is 0 Å². The van der Waals surface area contributed by atoms with Crippen LogP contribution in [0.5, 0.6) is 0 Å². The number of benzene rings is 1. The SMILES string of the molecule is NC(=O)C1c2ccccc2C(Cc2ccccn2)NC1c1cccs1. The molecule has 0 saturated carbocycles. The van der Waals surface area contributed by atoms with Crippen LogP contribution in [-0.4, -0.2) is 10.9 Å². The molecule has 3 N–H and O–H groups in total. The van der Waals surface area contributed by atoms with E-state index in [0.29, 0.717) is 0 Å². The van der Waals surface area contributed by atoms with Gasteiger partial charge in [0.15, 0.2) is 0 Å². The van der Waals surface area contributed by atoms with E-state index in [-0.39, 0.29) is 23.9 Å². The third-order valence-electron chi connectivity index (χ3n) is 4.72. The number of hydrogen-bond acceptors (Lipinski definition) is 4. The van der Waals surface area contributed by atoms with E-state index in [1.54, 1.807) is 11.3 Å². The number of hydrogen-bond donors (Lipinski definition) is 2. The van der Waals surface area contributed by atoms with Crippen LogP contribution in [0.2, 0.25) is 0 Å². The summed E-state index contributed by atoms with van der Waals surface area (Å²) in [6, 6.07) is 18.1. The van der Waals surface area contributed by atoms with Crippen LogP contribution in [0.4, 0.5) is 0 Å². The molecule has 3 atom stereocenters. The predicted molar refractivity (Wildman–Crippen MR) is 99.3 cm³/mol. The molecule has 4 nitrogen and oxygen atoms in total. The number of thiophene rings is 1. The Morgan fingerprint density at radius 3 is 2.56 bits per heavy atom. The number of fused-ring (bicyclic) bond motifs is 1. The van der Waals surface area contributed by atoms with Crippen LogP contribution in [0.1, 0.15) is 39.7 Å². The zero-order valence-corrected chi connectivity index (χ0v) is 14.4. The Kier molecular flexibility index (Phi) is 4.34. The van der Waals surface area contributed by atoms with Crippen LogP contribution in [0.25, 0.3) is 0 Å². The second kappa shape index (κ2) is 6.78. The summed E-state index contributed by atoms with van der Waals surface area (Å²) in [5.74, 6) is -0.663. The zero-order valence-electron chi connectivity index (χ0n) is 13.6. The minimum atomic E-state index is -0.366. The molecule has 1 aliphatic rings. The van der Waals surface area contributed by atoms with Gasteiger partial charge in [-0.3, -0.25) is 9.78 Å². The van der Waals surface area contributed by atoms with Gasteiger partial charge in [-0.2, -0.15) is 0 Å². The highest BCUT2D eigenvalue weighted by Gasteiger charge is 2.38. The van der Waals surface area contributed by atoms with Gasteiger partial charge in [-0.1, -0.05) is 36.4 Å². The first kappa shape index (κ1) is 16.0. The van der Waals surface area contributed by atoms with Crippen molar-refractivity contribution in [3.05, 3.63) is 87.9 Å². The second-order valence-corrected chi connectivity index (χ2v) is 7.23. The molecule has 0 aliphatic carbocycles. The largest absolute Gasteiger partial charge is 0.369 e. The molecule has 1 aromatic carbocycles. The molecule has 0 radical (unpaired) electrons. The van der Waals surface area contributed by atoms with E-state index < -0.39 is 0 Å². The minimum Gasteiger partial charge on any atom is -0.369 e. The predicted octanol–water partition coefficient (Wildman–Crippen LogP) is 3.34. The van der Waals surface area contributed by atoms with E-state index in [9.17, 15) is 4.79 Å². The lowest BCUT2D eigenvalue weighted by molar-refractivity contribution is -0.120. The van der Waals surface area contributed by atoms with Gasteiger partial charge in [-0.15, -0.1) is 11.3 Å². The fraction of sp³-hybridized carbons (Fsp3) is 0.200. The van der Waals surface area contributed by atoms with Crippen molar-refractivity contribution >= 4 is 17.2 Å². The van der Waals surface area contributed by atoms with E-state index in [2.05, 4.69) is 22.4 Å².